The maximum Gasteiger partial charge on any atom is 0.475 e. The smallest absolute Gasteiger partial charge is 0.426 e. The number of hydrogen-bond acceptors (Lipinski definition) is 5. The van der Waals surface area contributed by atoms with E-state index in [1.807, 2.05) is 13.8 Å². The van der Waals surface area contributed by atoms with E-state index in [4.69, 9.17) is 0 Å². The van der Waals surface area contributed by atoms with Gasteiger partial charge >= 0.3 is 7.12 Å². The molecule has 4 N–H and O–H groups in total. The summed E-state index contributed by atoms with van der Waals surface area (Å²) in [5.74, 6) is -2.04. The number of ketones is 1. The first-order chi connectivity index (χ1) is 14.2. The van der Waals surface area contributed by atoms with E-state index in [0.717, 1.165) is 19.3 Å². The summed E-state index contributed by atoms with van der Waals surface area (Å²) in [7, 11) is -1.67. The van der Waals surface area contributed by atoms with Gasteiger partial charge in [0.05, 0.1) is 18.0 Å². The second kappa shape index (κ2) is 17.7. The number of nitrogens with one attached hydrogen (secondary N) is 1. The van der Waals surface area contributed by atoms with Gasteiger partial charge in [-0.1, -0.05) is 78.6 Å². The van der Waals surface area contributed by atoms with Crippen molar-refractivity contribution in [3.05, 3.63) is 0 Å². The van der Waals surface area contributed by atoms with Crippen molar-refractivity contribution >= 4 is 18.8 Å². The van der Waals surface area contributed by atoms with E-state index in [-0.39, 0.29) is 18.1 Å². The van der Waals surface area contributed by atoms with Gasteiger partial charge in [0.25, 0.3) is 0 Å². The molecule has 0 aromatic carbocycles. The van der Waals surface area contributed by atoms with Crippen LogP contribution in [0.25, 0.3) is 0 Å². The molecule has 30 heavy (non-hydrogen) atoms. The number of aliphatic hydroxyl groups is 1. The van der Waals surface area contributed by atoms with Crippen LogP contribution >= 0.6 is 0 Å². The van der Waals surface area contributed by atoms with E-state index in [9.17, 15) is 24.7 Å². The zero-order valence-electron chi connectivity index (χ0n) is 19.7. The van der Waals surface area contributed by atoms with E-state index in [1.54, 1.807) is 0 Å². The van der Waals surface area contributed by atoms with E-state index < -0.39 is 31.0 Å². The summed E-state index contributed by atoms with van der Waals surface area (Å²) in [4.78, 5) is 24.8. The molecule has 0 bridgehead atoms. The quantitative estimate of drug-likeness (QED) is 0.185. The Hall–Kier alpha value is -0.915. The SMILES string of the molecule is CCCCCCCCCCCCC(=O)C[C@H](C(=O)N[C@@H](CC(C)C)B(O)O)[C@@H](C)O. The average Bonchev–Trinajstić information content (AvgIpc) is 2.66. The number of carbonyl (C=O) groups excluding carboxylic acids is 2. The van der Waals surface area contributed by atoms with Gasteiger partial charge in [-0.3, -0.25) is 9.59 Å². The zero-order valence-corrected chi connectivity index (χ0v) is 19.7. The Morgan fingerprint density at radius 3 is 1.80 bits per heavy atom. The van der Waals surface area contributed by atoms with Crippen molar-refractivity contribution in [3.63, 3.8) is 0 Å². The van der Waals surface area contributed by atoms with Crippen LogP contribution in [-0.2, 0) is 9.59 Å². The van der Waals surface area contributed by atoms with E-state index >= 15 is 0 Å². The van der Waals surface area contributed by atoms with Gasteiger partial charge in [-0.05, 0) is 25.7 Å². The van der Waals surface area contributed by atoms with Gasteiger partial charge < -0.3 is 20.5 Å². The van der Waals surface area contributed by atoms with Gasteiger partial charge in [-0.15, -0.1) is 0 Å². The molecule has 0 aliphatic heterocycles. The van der Waals surface area contributed by atoms with Gasteiger partial charge in [0, 0.05) is 12.8 Å². The highest BCUT2D eigenvalue weighted by molar-refractivity contribution is 6.43. The van der Waals surface area contributed by atoms with Gasteiger partial charge in [-0.25, -0.2) is 0 Å². The van der Waals surface area contributed by atoms with Crippen LogP contribution in [0.3, 0.4) is 0 Å². The largest absolute Gasteiger partial charge is 0.475 e. The normalized spacial score (nSPS) is 14.4. The number of aliphatic hydroxyl groups excluding tert-OH is 1. The van der Waals surface area contributed by atoms with E-state index in [0.29, 0.717) is 12.8 Å². The summed E-state index contributed by atoms with van der Waals surface area (Å²) in [6, 6.07) is 0. The van der Waals surface area contributed by atoms with Gasteiger partial charge in [0.2, 0.25) is 5.91 Å². The fourth-order valence-corrected chi connectivity index (χ4v) is 3.69. The Morgan fingerprint density at radius 1 is 0.867 bits per heavy atom. The number of carbonyl (C=O) groups is 2. The van der Waals surface area contributed by atoms with E-state index in [2.05, 4.69) is 12.2 Å². The van der Waals surface area contributed by atoms with Crippen LogP contribution in [0.4, 0.5) is 0 Å². The molecule has 0 heterocycles. The molecular formula is C23H46BNO5. The average molecular weight is 427 g/mol. The minimum atomic E-state index is -1.67. The molecule has 0 aromatic heterocycles. The summed E-state index contributed by atoms with van der Waals surface area (Å²) in [6.07, 6.45) is 11.8. The summed E-state index contributed by atoms with van der Waals surface area (Å²) in [6.45, 7) is 7.55. The molecule has 0 aromatic rings. The number of hydrogen-bond donors (Lipinski definition) is 4. The number of unbranched alkanes of at least 4 members (excludes halogenated alkanes) is 9. The standard InChI is InChI=1S/C23H46BNO5/c1-5-6-7-8-9-10-11-12-13-14-15-20(27)17-21(19(4)26)23(28)25-22(24(29)30)16-18(2)3/h18-19,21-22,26,29-30H,5-17H2,1-4H3,(H,25,28)/t19-,21+,22+/m1/s1. The van der Waals surface area contributed by atoms with Crippen molar-refractivity contribution in [1.29, 1.82) is 0 Å². The Bertz CT molecular complexity index is 457. The molecule has 0 unspecified atom stereocenters. The maximum absolute atomic E-state index is 12.5. The third kappa shape index (κ3) is 15.0. The zero-order chi connectivity index (χ0) is 22.9. The van der Waals surface area contributed by atoms with Crippen LogP contribution in [0.2, 0.25) is 0 Å². The Labute approximate surface area is 184 Å². The highest BCUT2D eigenvalue weighted by atomic mass is 16.4. The lowest BCUT2D eigenvalue weighted by atomic mass is 9.74. The molecule has 0 saturated carbocycles. The van der Waals surface area contributed by atoms with Crippen molar-refractivity contribution in [2.75, 3.05) is 0 Å². The predicted molar refractivity (Wildman–Crippen MR) is 123 cm³/mol. The van der Waals surface area contributed by atoms with Gasteiger partial charge in [-0.2, -0.15) is 0 Å². The predicted octanol–water partition coefficient (Wildman–Crippen LogP) is 3.80. The molecule has 0 rings (SSSR count). The molecule has 0 saturated heterocycles. The van der Waals surface area contributed by atoms with Crippen molar-refractivity contribution in [3.8, 4) is 0 Å². The highest BCUT2D eigenvalue weighted by Gasteiger charge is 2.32. The second-order valence-corrected chi connectivity index (χ2v) is 9.18. The van der Waals surface area contributed by atoms with Crippen LogP contribution < -0.4 is 5.32 Å². The Kier molecular flexibility index (Phi) is 17.2. The monoisotopic (exact) mass is 427 g/mol. The first-order valence-corrected chi connectivity index (χ1v) is 12.0. The second-order valence-electron chi connectivity index (χ2n) is 9.18. The first kappa shape index (κ1) is 29.1. The van der Waals surface area contributed by atoms with E-state index in [1.165, 1.54) is 51.9 Å². The molecule has 0 aliphatic rings. The molecule has 0 aliphatic carbocycles. The fourth-order valence-electron chi connectivity index (χ4n) is 3.69. The molecular weight excluding hydrogens is 381 g/mol. The molecule has 3 atom stereocenters. The summed E-state index contributed by atoms with van der Waals surface area (Å²) in [5, 5.41) is 31.5. The van der Waals surface area contributed by atoms with Crippen LogP contribution in [0.5, 0.6) is 0 Å². The van der Waals surface area contributed by atoms with Gasteiger partial charge in [0.15, 0.2) is 0 Å². The Balaban J connectivity index is 4.19. The number of rotatable bonds is 19. The third-order valence-corrected chi connectivity index (χ3v) is 5.59. The van der Waals surface area contributed by atoms with Crippen molar-refractivity contribution in [2.24, 2.45) is 11.8 Å². The number of amides is 1. The minimum Gasteiger partial charge on any atom is -0.426 e. The topological polar surface area (TPSA) is 107 Å². The van der Waals surface area contributed by atoms with Gasteiger partial charge in [0.1, 0.15) is 5.78 Å². The summed E-state index contributed by atoms with van der Waals surface area (Å²) in [5.41, 5.74) is 0. The van der Waals surface area contributed by atoms with Crippen LogP contribution in [0, 0.1) is 11.8 Å². The Morgan fingerprint density at radius 2 is 1.37 bits per heavy atom. The fraction of sp³-hybridized carbons (Fsp3) is 0.913. The molecule has 6 nitrogen and oxygen atoms in total. The molecule has 7 heteroatoms. The van der Waals surface area contributed by atoms with Crippen LogP contribution in [0.1, 0.15) is 111 Å². The van der Waals surface area contributed by atoms with Crippen molar-refractivity contribution in [2.45, 2.75) is 123 Å². The molecule has 1 amide bonds. The lowest BCUT2D eigenvalue weighted by Gasteiger charge is -2.24. The molecule has 0 radical (unpaired) electrons. The molecule has 0 spiro atoms. The third-order valence-electron chi connectivity index (χ3n) is 5.59. The van der Waals surface area contributed by atoms with Crippen LogP contribution in [0.15, 0.2) is 0 Å². The lowest BCUT2D eigenvalue weighted by Crippen LogP contribution is -2.50. The summed E-state index contributed by atoms with van der Waals surface area (Å²) >= 11 is 0. The molecule has 176 valence electrons. The number of Topliss-reactive ketones (excluding diaryl/α,β-unsaturated/α-hetero) is 1. The maximum atomic E-state index is 12.5. The first-order valence-electron chi connectivity index (χ1n) is 12.0. The lowest BCUT2D eigenvalue weighted by molar-refractivity contribution is -0.133. The summed E-state index contributed by atoms with van der Waals surface area (Å²) < 4.78 is 0. The van der Waals surface area contributed by atoms with Crippen molar-refractivity contribution < 1.29 is 24.7 Å². The minimum absolute atomic E-state index is 0.0170. The molecule has 0 fully saturated rings. The van der Waals surface area contributed by atoms with Crippen molar-refractivity contribution in [1.82, 2.24) is 5.32 Å². The highest BCUT2D eigenvalue weighted by Crippen LogP contribution is 2.16. The van der Waals surface area contributed by atoms with Crippen LogP contribution in [-0.4, -0.2) is 46.0 Å².